The van der Waals surface area contributed by atoms with Gasteiger partial charge in [0, 0.05) is 5.69 Å². The molecule has 0 radical (unpaired) electrons. The maximum atomic E-state index is 12.1. The molecular weight excluding hydrogens is 302 g/mol. The maximum absolute atomic E-state index is 12.1. The second-order valence-electron chi connectivity index (χ2n) is 6.22. The van der Waals surface area contributed by atoms with Gasteiger partial charge in [0.25, 0.3) is 5.91 Å². The minimum absolute atomic E-state index is 0.0199. The summed E-state index contributed by atoms with van der Waals surface area (Å²) in [5, 5.41) is 2.82. The predicted octanol–water partition coefficient (Wildman–Crippen LogP) is 4.61. The summed E-state index contributed by atoms with van der Waals surface area (Å²) in [6, 6.07) is 15.1. The van der Waals surface area contributed by atoms with Crippen LogP contribution >= 0.6 is 0 Å². The Balaban J connectivity index is 1.90. The molecule has 2 rings (SSSR count). The molecule has 0 aliphatic carbocycles. The summed E-state index contributed by atoms with van der Waals surface area (Å²) in [6.07, 6.45) is 0.125. The summed E-state index contributed by atoms with van der Waals surface area (Å²) in [5.41, 5.74) is 1.82. The highest BCUT2D eigenvalue weighted by Crippen LogP contribution is 2.25. The van der Waals surface area contributed by atoms with Gasteiger partial charge in [0.05, 0.1) is 6.10 Å². The molecule has 24 heavy (non-hydrogen) atoms. The first-order chi connectivity index (χ1) is 11.5. The third-order valence-corrected chi connectivity index (χ3v) is 3.41. The number of hydrogen-bond acceptors (Lipinski definition) is 3. The highest BCUT2D eigenvalue weighted by Gasteiger charge is 2.09. The van der Waals surface area contributed by atoms with E-state index in [9.17, 15) is 4.79 Å². The van der Waals surface area contributed by atoms with Gasteiger partial charge in [-0.1, -0.05) is 32.0 Å². The highest BCUT2D eigenvalue weighted by molar-refractivity contribution is 5.91. The highest BCUT2D eigenvalue weighted by atomic mass is 16.5. The van der Waals surface area contributed by atoms with Crippen LogP contribution < -0.4 is 14.8 Å². The zero-order valence-electron chi connectivity index (χ0n) is 14.7. The maximum Gasteiger partial charge on any atom is 0.262 e. The fraction of sp³-hybridized carbons (Fsp3) is 0.350. The molecule has 0 unspecified atom stereocenters. The molecule has 2 aromatic rings. The van der Waals surface area contributed by atoms with Crippen molar-refractivity contribution in [2.75, 3.05) is 11.9 Å². The molecule has 0 bridgehead atoms. The molecule has 0 saturated carbocycles. The topological polar surface area (TPSA) is 47.6 Å². The van der Waals surface area contributed by atoms with Gasteiger partial charge in [0.1, 0.15) is 11.5 Å². The lowest BCUT2D eigenvalue weighted by molar-refractivity contribution is -0.118. The molecule has 4 nitrogen and oxygen atoms in total. The van der Waals surface area contributed by atoms with Crippen LogP contribution in [0.2, 0.25) is 0 Å². The molecule has 2 aromatic carbocycles. The molecular formula is C20H25NO3. The predicted molar refractivity (Wildman–Crippen MR) is 96.9 cm³/mol. The third-order valence-electron chi connectivity index (χ3n) is 3.41. The molecule has 0 aliphatic rings. The van der Waals surface area contributed by atoms with Gasteiger partial charge < -0.3 is 14.8 Å². The van der Waals surface area contributed by atoms with Gasteiger partial charge in [-0.3, -0.25) is 4.79 Å². The van der Waals surface area contributed by atoms with E-state index in [1.54, 1.807) is 0 Å². The van der Waals surface area contributed by atoms with Crippen molar-refractivity contribution in [2.45, 2.75) is 39.7 Å². The van der Waals surface area contributed by atoms with E-state index in [-0.39, 0.29) is 18.6 Å². The van der Waals surface area contributed by atoms with Gasteiger partial charge in [-0.25, -0.2) is 0 Å². The van der Waals surface area contributed by atoms with Crippen molar-refractivity contribution in [1.82, 2.24) is 0 Å². The summed E-state index contributed by atoms with van der Waals surface area (Å²) in [6.45, 7) is 8.13. The Morgan fingerprint density at radius 3 is 2.29 bits per heavy atom. The second kappa shape index (κ2) is 8.39. The van der Waals surface area contributed by atoms with Crippen molar-refractivity contribution in [3.05, 3.63) is 54.1 Å². The van der Waals surface area contributed by atoms with E-state index < -0.39 is 0 Å². The van der Waals surface area contributed by atoms with E-state index in [1.807, 2.05) is 62.4 Å². The fourth-order valence-corrected chi connectivity index (χ4v) is 2.32. The number of carbonyl (C=O) groups excluding carboxylic acids is 1. The molecule has 0 heterocycles. The van der Waals surface area contributed by atoms with E-state index in [1.165, 1.54) is 0 Å². The first-order valence-corrected chi connectivity index (χ1v) is 8.24. The van der Waals surface area contributed by atoms with Crippen LogP contribution in [0.25, 0.3) is 0 Å². The quantitative estimate of drug-likeness (QED) is 0.807. The Labute approximate surface area is 143 Å². The summed E-state index contributed by atoms with van der Waals surface area (Å²) < 4.78 is 11.2. The molecule has 0 fully saturated rings. The largest absolute Gasteiger partial charge is 0.491 e. The van der Waals surface area contributed by atoms with Gasteiger partial charge in [-0.05, 0) is 55.7 Å². The Hall–Kier alpha value is -2.49. The van der Waals surface area contributed by atoms with Crippen LogP contribution in [0.4, 0.5) is 5.69 Å². The van der Waals surface area contributed by atoms with Crippen molar-refractivity contribution in [1.29, 1.82) is 0 Å². The average molecular weight is 327 g/mol. The number of anilines is 1. The van der Waals surface area contributed by atoms with Crippen molar-refractivity contribution >= 4 is 11.6 Å². The first-order valence-electron chi connectivity index (χ1n) is 8.24. The lowest BCUT2D eigenvalue weighted by atomic mass is 10.0. The number of carbonyl (C=O) groups is 1. The van der Waals surface area contributed by atoms with Crippen molar-refractivity contribution in [2.24, 2.45) is 0 Å². The standard InChI is InChI=1S/C20H25NO3/c1-14(2)18-7-5-6-8-19(18)23-13-20(22)21-16-9-11-17(12-10-16)24-15(3)4/h5-12,14-15H,13H2,1-4H3,(H,21,22). The number of amides is 1. The molecule has 0 aromatic heterocycles. The Kier molecular flexibility index (Phi) is 6.24. The summed E-state index contributed by atoms with van der Waals surface area (Å²) in [5.74, 6) is 1.69. The van der Waals surface area contributed by atoms with Crippen molar-refractivity contribution in [3.8, 4) is 11.5 Å². The van der Waals surface area contributed by atoms with Gasteiger partial charge in [-0.15, -0.1) is 0 Å². The van der Waals surface area contributed by atoms with Gasteiger partial charge >= 0.3 is 0 Å². The van der Waals surface area contributed by atoms with E-state index in [2.05, 4.69) is 19.2 Å². The molecule has 0 aliphatic heterocycles. The molecule has 1 amide bonds. The SMILES string of the molecule is CC(C)Oc1ccc(NC(=O)COc2ccccc2C(C)C)cc1. The molecule has 128 valence electrons. The lowest BCUT2D eigenvalue weighted by Crippen LogP contribution is -2.20. The second-order valence-corrected chi connectivity index (χ2v) is 6.22. The van der Waals surface area contributed by atoms with E-state index in [0.717, 1.165) is 22.7 Å². The fourth-order valence-electron chi connectivity index (χ4n) is 2.32. The normalized spacial score (nSPS) is 10.8. The number of benzene rings is 2. The zero-order chi connectivity index (χ0) is 17.5. The van der Waals surface area contributed by atoms with Crippen molar-refractivity contribution < 1.29 is 14.3 Å². The van der Waals surface area contributed by atoms with Crippen LogP contribution in [0.5, 0.6) is 11.5 Å². The van der Waals surface area contributed by atoms with Crippen LogP contribution in [-0.2, 0) is 4.79 Å². The van der Waals surface area contributed by atoms with Crippen molar-refractivity contribution in [3.63, 3.8) is 0 Å². The molecule has 4 heteroatoms. The first kappa shape index (κ1) is 17.9. The number of nitrogens with one attached hydrogen (secondary N) is 1. The Morgan fingerprint density at radius 2 is 1.67 bits per heavy atom. The summed E-state index contributed by atoms with van der Waals surface area (Å²) >= 11 is 0. The van der Waals surface area contributed by atoms with E-state index in [0.29, 0.717) is 5.92 Å². The van der Waals surface area contributed by atoms with Gasteiger partial charge in [0.2, 0.25) is 0 Å². The number of ether oxygens (including phenoxy) is 2. The van der Waals surface area contributed by atoms with Gasteiger partial charge in [-0.2, -0.15) is 0 Å². The number of para-hydroxylation sites is 1. The van der Waals surface area contributed by atoms with Crippen LogP contribution in [-0.4, -0.2) is 18.6 Å². The summed E-state index contributed by atoms with van der Waals surface area (Å²) in [4.78, 5) is 12.1. The lowest BCUT2D eigenvalue weighted by Gasteiger charge is -2.14. The number of rotatable bonds is 7. The van der Waals surface area contributed by atoms with Crippen LogP contribution in [0.15, 0.2) is 48.5 Å². The Morgan fingerprint density at radius 1 is 1.00 bits per heavy atom. The summed E-state index contributed by atoms with van der Waals surface area (Å²) in [7, 11) is 0. The smallest absolute Gasteiger partial charge is 0.262 e. The molecule has 0 saturated heterocycles. The molecule has 0 spiro atoms. The Bertz CT molecular complexity index is 663. The average Bonchev–Trinajstić information content (AvgIpc) is 2.54. The van der Waals surface area contributed by atoms with E-state index in [4.69, 9.17) is 9.47 Å². The van der Waals surface area contributed by atoms with Crippen LogP contribution in [0.3, 0.4) is 0 Å². The minimum atomic E-state index is -0.189. The molecule has 0 atom stereocenters. The number of hydrogen-bond donors (Lipinski definition) is 1. The zero-order valence-corrected chi connectivity index (χ0v) is 14.7. The van der Waals surface area contributed by atoms with E-state index >= 15 is 0 Å². The minimum Gasteiger partial charge on any atom is -0.491 e. The molecule has 1 N–H and O–H groups in total. The monoisotopic (exact) mass is 327 g/mol. The van der Waals surface area contributed by atoms with Crippen LogP contribution in [0, 0.1) is 0 Å². The van der Waals surface area contributed by atoms with Crippen LogP contribution in [0.1, 0.15) is 39.2 Å². The third kappa shape index (κ3) is 5.30. The van der Waals surface area contributed by atoms with Gasteiger partial charge in [0.15, 0.2) is 6.61 Å².